The van der Waals surface area contributed by atoms with Gasteiger partial charge in [0, 0.05) is 30.2 Å². The lowest BCUT2D eigenvalue weighted by Gasteiger charge is -2.08. The molecule has 0 radical (unpaired) electrons. The number of unbranched alkanes of at least 4 members (excludes halogenated alkanes) is 1. The van der Waals surface area contributed by atoms with Gasteiger partial charge in [-0.15, -0.1) is 0 Å². The van der Waals surface area contributed by atoms with Gasteiger partial charge >= 0.3 is 0 Å². The second-order valence-corrected chi connectivity index (χ2v) is 3.79. The van der Waals surface area contributed by atoms with Crippen molar-refractivity contribution in [3.8, 4) is 11.3 Å². The summed E-state index contributed by atoms with van der Waals surface area (Å²) in [6.45, 7) is 3.15. The van der Waals surface area contributed by atoms with Crippen LogP contribution in [0.15, 0.2) is 31.0 Å². The molecule has 0 unspecified atom stereocenters. The molecule has 0 bridgehead atoms. The maximum atomic E-state index is 5.93. The van der Waals surface area contributed by atoms with Crippen molar-refractivity contribution < 1.29 is 0 Å². The molecular formula is C12H16N4. The van der Waals surface area contributed by atoms with E-state index in [0.29, 0.717) is 0 Å². The summed E-state index contributed by atoms with van der Waals surface area (Å²) in [6.07, 6.45) is 9.48. The predicted octanol–water partition coefficient (Wildman–Crippen LogP) is 2.33. The Morgan fingerprint density at radius 2 is 2.19 bits per heavy atom. The van der Waals surface area contributed by atoms with Gasteiger partial charge in [0.05, 0.1) is 18.2 Å². The largest absolute Gasteiger partial charge is 0.398 e. The number of pyridine rings is 1. The number of nitrogens with two attached hydrogens (primary N) is 1. The highest BCUT2D eigenvalue weighted by Gasteiger charge is 2.07. The minimum absolute atomic E-state index is 0.744. The smallest absolute Gasteiger partial charge is 0.0950 e. The summed E-state index contributed by atoms with van der Waals surface area (Å²) < 4.78 is 2.12. The first-order valence-electron chi connectivity index (χ1n) is 5.53. The van der Waals surface area contributed by atoms with Crippen LogP contribution in [0.4, 0.5) is 5.69 Å². The van der Waals surface area contributed by atoms with Gasteiger partial charge in [0.2, 0.25) is 0 Å². The Hall–Kier alpha value is -1.84. The molecule has 4 heteroatoms. The van der Waals surface area contributed by atoms with E-state index < -0.39 is 0 Å². The van der Waals surface area contributed by atoms with Crippen molar-refractivity contribution in [2.24, 2.45) is 0 Å². The number of imidazole rings is 1. The Morgan fingerprint density at radius 3 is 2.94 bits per heavy atom. The molecule has 16 heavy (non-hydrogen) atoms. The molecule has 0 aliphatic carbocycles. The van der Waals surface area contributed by atoms with Gasteiger partial charge < -0.3 is 10.3 Å². The summed E-state index contributed by atoms with van der Waals surface area (Å²) >= 11 is 0. The molecule has 2 rings (SSSR count). The van der Waals surface area contributed by atoms with Crippen LogP contribution in [0.25, 0.3) is 11.3 Å². The zero-order valence-electron chi connectivity index (χ0n) is 9.43. The Bertz CT molecular complexity index is 462. The number of nitrogen functional groups attached to an aromatic ring is 1. The monoisotopic (exact) mass is 216 g/mol. The summed E-state index contributed by atoms with van der Waals surface area (Å²) in [5.74, 6) is 0. The van der Waals surface area contributed by atoms with Gasteiger partial charge in [0.25, 0.3) is 0 Å². The highest BCUT2D eigenvalue weighted by atomic mass is 15.0. The zero-order chi connectivity index (χ0) is 11.4. The number of anilines is 1. The van der Waals surface area contributed by atoms with Crippen molar-refractivity contribution in [1.29, 1.82) is 0 Å². The topological polar surface area (TPSA) is 56.7 Å². The van der Waals surface area contributed by atoms with E-state index in [1.54, 1.807) is 12.4 Å². The van der Waals surface area contributed by atoms with E-state index in [0.717, 1.165) is 29.9 Å². The van der Waals surface area contributed by atoms with Crippen molar-refractivity contribution in [3.63, 3.8) is 0 Å². The van der Waals surface area contributed by atoms with Gasteiger partial charge in [-0.25, -0.2) is 4.98 Å². The van der Waals surface area contributed by atoms with E-state index in [4.69, 9.17) is 5.73 Å². The standard InChI is InChI=1S/C12H16N4/c1-2-3-6-16-9-15-8-12(16)10-7-14-5-4-11(10)13/h4-5,7-9H,2-3,6H2,1H3,(H2,13,14). The molecule has 84 valence electrons. The van der Waals surface area contributed by atoms with Gasteiger partial charge in [-0.1, -0.05) is 13.3 Å². The van der Waals surface area contributed by atoms with E-state index in [1.165, 1.54) is 6.42 Å². The molecule has 2 heterocycles. The molecule has 0 aromatic carbocycles. The Kier molecular flexibility index (Phi) is 3.19. The van der Waals surface area contributed by atoms with Crippen LogP contribution in [0.1, 0.15) is 19.8 Å². The van der Waals surface area contributed by atoms with Crippen molar-refractivity contribution in [2.75, 3.05) is 5.73 Å². The molecule has 0 aliphatic heterocycles. The lowest BCUT2D eigenvalue weighted by atomic mass is 10.2. The third-order valence-corrected chi connectivity index (χ3v) is 2.60. The summed E-state index contributed by atoms with van der Waals surface area (Å²) in [4.78, 5) is 8.27. The molecule has 0 amide bonds. The van der Waals surface area contributed by atoms with Crippen LogP contribution < -0.4 is 5.73 Å². The zero-order valence-corrected chi connectivity index (χ0v) is 9.43. The van der Waals surface area contributed by atoms with Crippen LogP contribution >= 0.6 is 0 Å². The summed E-state index contributed by atoms with van der Waals surface area (Å²) in [5.41, 5.74) is 8.67. The number of aromatic nitrogens is 3. The van der Waals surface area contributed by atoms with Gasteiger partial charge in [-0.3, -0.25) is 4.98 Å². The van der Waals surface area contributed by atoms with Crippen molar-refractivity contribution >= 4 is 5.69 Å². The molecule has 2 aromatic rings. The first kappa shape index (κ1) is 10.7. The second kappa shape index (κ2) is 4.79. The Balaban J connectivity index is 2.33. The maximum absolute atomic E-state index is 5.93. The molecule has 4 nitrogen and oxygen atoms in total. The Morgan fingerprint density at radius 1 is 1.31 bits per heavy atom. The fraction of sp³-hybridized carbons (Fsp3) is 0.333. The predicted molar refractivity (Wildman–Crippen MR) is 64.8 cm³/mol. The number of rotatable bonds is 4. The fourth-order valence-corrected chi connectivity index (χ4v) is 1.67. The highest BCUT2D eigenvalue weighted by Crippen LogP contribution is 2.24. The third kappa shape index (κ3) is 2.05. The average molecular weight is 216 g/mol. The van der Waals surface area contributed by atoms with Crippen molar-refractivity contribution in [1.82, 2.24) is 14.5 Å². The van der Waals surface area contributed by atoms with Crippen molar-refractivity contribution in [3.05, 3.63) is 31.0 Å². The van der Waals surface area contributed by atoms with E-state index in [2.05, 4.69) is 21.5 Å². The number of hydrogen-bond donors (Lipinski definition) is 1. The summed E-state index contributed by atoms with van der Waals surface area (Å²) in [7, 11) is 0. The van der Waals surface area contributed by atoms with Gasteiger partial charge in [-0.2, -0.15) is 0 Å². The van der Waals surface area contributed by atoms with Gasteiger partial charge in [0.15, 0.2) is 0 Å². The molecule has 0 atom stereocenters. The van der Waals surface area contributed by atoms with E-state index in [-0.39, 0.29) is 0 Å². The molecular weight excluding hydrogens is 200 g/mol. The summed E-state index contributed by atoms with van der Waals surface area (Å²) in [6, 6.07) is 1.81. The maximum Gasteiger partial charge on any atom is 0.0950 e. The van der Waals surface area contributed by atoms with Crippen molar-refractivity contribution in [2.45, 2.75) is 26.3 Å². The van der Waals surface area contributed by atoms with Crippen LogP contribution in [-0.4, -0.2) is 14.5 Å². The molecule has 0 fully saturated rings. The first-order valence-corrected chi connectivity index (χ1v) is 5.53. The minimum atomic E-state index is 0.744. The first-order chi connectivity index (χ1) is 7.83. The normalized spacial score (nSPS) is 10.6. The average Bonchev–Trinajstić information content (AvgIpc) is 2.75. The number of nitrogens with zero attached hydrogens (tertiary/aromatic N) is 3. The Labute approximate surface area is 95.1 Å². The minimum Gasteiger partial charge on any atom is -0.398 e. The third-order valence-electron chi connectivity index (χ3n) is 2.60. The molecule has 2 N–H and O–H groups in total. The van der Waals surface area contributed by atoms with Gasteiger partial charge in [0.1, 0.15) is 0 Å². The molecule has 0 saturated heterocycles. The molecule has 0 aliphatic rings. The molecule has 0 saturated carbocycles. The van der Waals surface area contributed by atoms with Crippen LogP contribution in [0.5, 0.6) is 0 Å². The highest BCUT2D eigenvalue weighted by molar-refractivity contribution is 5.72. The number of hydrogen-bond acceptors (Lipinski definition) is 3. The number of aryl methyl sites for hydroxylation is 1. The quantitative estimate of drug-likeness (QED) is 0.853. The van der Waals surface area contributed by atoms with Crippen LogP contribution in [0, 0.1) is 0 Å². The fourth-order valence-electron chi connectivity index (χ4n) is 1.67. The van der Waals surface area contributed by atoms with Gasteiger partial charge in [-0.05, 0) is 12.5 Å². The SMILES string of the molecule is CCCCn1cncc1-c1cnccc1N. The molecule has 2 aromatic heterocycles. The second-order valence-electron chi connectivity index (χ2n) is 3.79. The van der Waals surface area contributed by atoms with Crippen LogP contribution in [-0.2, 0) is 6.54 Å². The lowest BCUT2D eigenvalue weighted by molar-refractivity contribution is 0.636. The van der Waals surface area contributed by atoms with Crippen LogP contribution in [0.3, 0.4) is 0 Å². The van der Waals surface area contributed by atoms with E-state index in [1.807, 2.05) is 18.6 Å². The van der Waals surface area contributed by atoms with E-state index >= 15 is 0 Å². The summed E-state index contributed by atoms with van der Waals surface area (Å²) in [5, 5.41) is 0. The molecule has 0 spiro atoms. The lowest BCUT2D eigenvalue weighted by Crippen LogP contribution is -2.00. The van der Waals surface area contributed by atoms with Crippen LogP contribution in [0.2, 0.25) is 0 Å². The van der Waals surface area contributed by atoms with E-state index in [9.17, 15) is 0 Å².